The number of hydrogen-bond acceptors (Lipinski definition) is 0. The van der Waals surface area contributed by atoms with Crippen molar-refractivity contribution in [1.82, 2.24) is 0 Å². The van der Waals surface area contributed by atoms with Crippen molar-refractivity contribution >= 4 is 31.0 Å². The minimum atomic E-state index is -10.7. The first-order valence-corrected chi connectivity index (χ1v) is 14.8. The molecule has 4 rings (SSSR count). The molecule has 0 aromatic heterocycles. The van der Waals surface area contributed by atoms with Crippen LogP contribution in [0, 0.1) is 58.0 Å². The molecule has 0 unspecified atom stereocenters. The van der Waals surface area contributed by atoms with E-state index < -0.39 is 15.1 Å². The second-order valence-electron chi connectivity index (χ2n) is 7.58. The second kappa shape index (κ2) is 17.6. The second-order valence-corrected chi connectivity index (χ2v) is 13.0. The van der Waals surface area contributed by atoms with Crippen molar-refractivity contribution in [3.8, 4) is 0 Å². The number of benzene rings is 3. The predicted molar refractivity (Wildman–Crippen MR) is 140 cm³/mol. The summed E-state index contributed by atoms with van der Waals surface area (Å²) in [6.07, 6.45) is 12.3. The van der Waals surface area contributed by atoms with Gasteiger partial charge >= 0.3 is 66.9 Å². The van der Waals surface area contributed by atoms with Gasteiger partial charge in [-0.05, 0) is 68.5 Å². The molecule has 212 valence electrons. The Morgan fingerprint density at radius 1 is 0.525 bits per heavy atom. The summed E-state index contributed by atoms with van der Waals surface area (Å²) in [4.78, 5) is 0. The van der Waals surface area contributed by atoms with Crippen LogP contribution in [0.15, 0.2) is 91.0 Å². The van der Waals surface area contributed by atoms with E-state index in [1.54, 1.807) is 0 Å². The van der Waals surface area contributed by atoms with Crippen LogP contribution in [-0.4, -0.2) is 6.16 Å². The van der Waals surface area contributed by atoms with Crippen molar-refractivity contribution in [3.05, 3.63) is 143 Å². The summed E-state index contributed by atoms with van der Waals surface area (Å²) in [7, 11) is -12.4. The van der Waals surface area contributed by atoms with Gasteiger partial charge < -0.3 is 0 Å². The third-order valence-electron chi connectivity index (χ3n) is 5.01. The van der Waals surface area contributed by atoms with Gasteiger partial charge in [0.1, 0.15) is 23.2 Å². The molecule has 3 aromatic carbocycles. The zero-order valence-corrected chi connectivity index (χ0v) is 23.6. The van der Waals surface area contributed by atoms with Gasteiger partial charge in [0.15, 0.2) is 0 Å². The van der Waals surface area contributed by atoms with Crippen molar-refractivity contribution in [2.45, 2.75) is 0 Å². The van der Waals surface area contributed by atoms with Crippen LogP contribution in [0.1, 0.15) is 0 Å². The molecule has 6 radical (unpaired) electrons. The van der Waals surface area contributed by atoms with Crippen LogP contribution in [0.2, 0.25) is 0 Å². The zero-order valence-electron chi connectivity index (χ0n) is 20.6. The zero-order chi connectivity index (χ0) is 30.1. The van der Waals surface area contributed by atoms with Crippen molar-refractivity contribution in [1.29, 1.82) is 0 Å². The molecule has 1 aliphatic rings. The van der Waals surface area contributed by atoms with Gasteiger partial charge in [0.05, 0.1) is 6.16 Å². The minimum Gasteiger partial charge on any atom is -0.0620 e. The molecular formula is C28H23F6MnO3P2. The van der Waals surface area contributed by atoms with Gasteiger partial charge in [-0.3, -0.25) is 0 Å². The summed E-state index contributed by atoms with van der Waals surface area (Å²) in [5, 5.41) is 4.36. The topological polar surface area (TPSA) is 59.7 Å². The van der Waals surface area contributed by atoms with E-state index in [4.69, 9.17) is 14.0 Å². The van der Waals surface area contributed by atoms with Crippen LogP contribution >= 0.6 is 15.1 Å². The largest absolute Gasteiger partial charge is 0.112 e. The normalized spacial score (nSPS) is 14.4. The van der Waals surface area contributed by atoms with E-state index in [1.807, 2.05) is 0 Å². The predicted octanol–water partition coefficient (Wildman–Crippen LogP) is 7.90. The molecule has 1 fully saturated rings. The SMILES string of the molecule is F[P-](F)(F)(F)(F)F.[C-]#[O+].[C-]#[O+].[C-]#[O+].[CH]1[CH][CH]C(C[P+](c2ccccc2)(c2ccccc2)c2ccccc2)[CH][CH]1.[Mn]. The summed E-state index contributed by atoms with van der Waals surface area (Å²) in [6.45, 7) is 13.5. The van der Waals surface area contributed by atoms with Gasteiger partial charge in [-0.25, -0.2) is 0 Å². The summed E-state index contributed by atoms with van der Waals surface area (Å²) in [5.74, 6) is 0.453. The summed E-state index contributed by atoms with van der Waals surface area (Å²) in [6, 6.07) is 33.3. The van der Waals surface area contributed by atoms with E-state index in [0.29, 0.717) is 5.92 Å². The Morgan fingerprint density at radius 3 is 1.02 bits per heavy atom. The van der Waals surface area contributed by atoms with E-state index >= 15 is 0 Å². The Hall–Kier alpha value is -2.16. The Morgan fingerprint density at radius 2 is 0.775 bits per heavy atom. The van der Waals surface area contributed by atoms with Gasteiger partial charge in [0, 0.05) is 23.0 Å². The monoisotopic (exact) mass is 638 g/mol. The van der Waals surface area contributed by atoms with E-state index in [9.17, 15) is 25.2 Å². The molecule has 3 nitrogen and oxygen atoms in total. The molecule has 0 atom stereocenters. The van der Waals surface area contributed by atoms with Crippen LogP contribution in [0.3, 0.4) is 0 Å². The quantitative estimate of drug-likeness (QED) is 0.0898. The van der Waals surface area contributed by atoms with E-state index in [1.165, 1.54) is 15.9 Å². The first-order chi connectivity index (χ1) is 18.3. The van der Waals surface area contributed by atoms with E-state index in [2.05, 4.69) is 143 Å². The van der Waals surface area contributed by atoms with Gasteiger partial charge in [-0.1, -0.05) is 54.6 Å². The summed E-state index contributed by atoms with van der Waals surface area (Å²) in [5.41, 5.74) is 0. The van der Waals surface area contributed by atoms with E-state index in [-0.39, 0.29) is 17.1 Å². The number of halogens is 6. The van der Waals surface area contributed by atoms with Crippen LogP contribution in [0.4, 0.5) is 25.2 Å². The maximum atomic E-state index is 9.87. The third kappa shape index (κ3) is 15.6. The Kier molecular flexibility index (Phi) is 17.6. The van der Waals surface area contributed by atoms with Crippen molar-refractivity contribution in [2.75, 3.05) is 6.16 Å². The molecule has 1 aliphatic carbocycles. The molecule has 0 N–H and O–H groups in total. The maximum Gasteiger partial charge on any atom is 0.112 e. The third-order valence-corrected chi connectivity index (χ3v) is 9.52. The first-order valence-electron chi connectivity index (χ1n) is 10.8. The number of hydrogen-bond donors (Lipinski definition) is 0. The molecule has 0 saturated heterocycles. The maximum absolute atomic E-state index is 10.7. The molecule has 40 heavy (non-hydrogen) atoms. The fourth-order valence-corrected chi connectivity index (χ4v) is 8.24. The molecule has 12 heteroatoms. The Balaban J connectivity index is 0. The van der Waals surface area contributed by atoms with Gasteiger partial charge in [0.25, 0.3) is 0 Å². The molecule has 0 heterocycles. The van der Waals surface area contributed by atoms with Gasteiger partial charge in [0.2, 0.25) is 0 Å². The van der Waals surface area contributed by atoms with Crippen molar-refractivity contribution < 1.29 is 56.2 Å². The average molecular weight is 638 g/mol. The molecular weight excluding hydrogens is 615 g/mol. The van der Waals surface area contributed by atoms with Gasteiger partial charge in [-0.15, -0.1) is 0 Å². The molecule has 0 aliphatic heterocycles. The first kappa shape index (κ1) is 40.0. The summed E-state index contributed by atoms with van der Waals surface area (Å²) >= 11 is 0. The van der Waals surface area contributed by atoms with E-state index in [0.717, 1.165) is 6.16 Å². The smallest absolute Gasteiger partial charge is 0.0620 e. The molecule has 1 saturated carbocycles. The summed E-state index contributed by atoms with van der Waals surface area (Å²) < 4.78 is 81.7. The Labute approximate surface area is 242 Å². The molecule has 3 aromatic rings. The van der Waals surface area contributed by atoms with Crippen LogP contribution < -0.4 is 15.9 Å². The average Bonchev–Trinajstić information content (AvgIpc) is 2.95. The fourth-order valence-electron chi connectivity index (χ4n) is 3.79. The molecule has 0 amide bonds. The van der Waals surface area contributed by atoms with Gasteiger partial charge in [-0.2, -0.15) is 0 Å². The van der Waals surface area contributed by atoms with Crippen molar-refractivity contribution in [3.63, 3.8) is 0 Å². The van der Waals surface area contributed by atoms with Crippen LogP contribution in [0.25, 0.3) is 0 Å². The van der Waals surface area contributed by atoms with Crippen LogP contribution in [-0.2, 0) is 31.0 Å². The van der Waals surface area contributed by atoms with Crippen LogP contribution in [0.5, 0.6) is 0 Å². The fraction of sp³-hybridized carbons (Fsp3) is 0.0714. The minimum absolute atomic E-state index is 0. The molecule has 0 spiro atoms. The Bertz CT molecular complexity index is 1030. The number of rotatable bonds is 5. The molecule has 0 bridgehead atoms. The standard InChI is InChI=1S/C25H23P.3CO.F6P.Mn/c1-5-13-22(14-6-1)21-26(23-15-7-2-8-16-23,24-17-9-3-10-18-24)25-19-11-4-12-20-25;3*1-2;1-7(2,3,4,5)6;/h1-20,22H,21H2;;;;;/q+1;;;;-1;. The van der Waals surface area contributed by atoms with Crippen molar-refractivity contribution in [2.24, 2.45) is 5.92 Å².